The zero-order chi connectivity index (χ0) is 22.1. The highest BCUT2D eigenvalue weighted by Gasteiger charge is 2.23. The summed E-state index contributed by atoms with van der Waals surface area (Å²) in [5.74, 6) is 1.10. The quantitative estimate of drug-likeness (QED) is 0.316. The van der Waals surface area contributed by atoms with Gasteiger partial charge in [-0.2, -0.15) is 0 Å². The van der Waals surface area contributed by atoms with Gasteiger partial charge in [-0.1, -0.05) is 35.9 Å². The van der Waals surface area contributed by atoms with E-state index in [1.807, 2.05) is 12.1 Å². The monoisotopic (exact) mass is 463 g/mol. The summed E-state index contributed by atoms with van der Waals surface area (Å²) in [5, 5.41) is 11.1. The van der Waals surface area contributed by atoms with Gasteiger partial charge in [0.25, 0.3) is 0 Å². The van der Waals surface area contributed by atoms with Crippen molar-refractivity contribution in [2.24, 2.45) is 0 Å². The van der Waals surface area contributed by atoms with E-state index in [1.54, 1.807) is 42.5 Å². The van der Waals surface area contributed by atoms with Gasteiger partial charge in [-0.25, -0.2) is 0 Å². The van der Waals surface area contributed by atoms with Crippen molar-refractivity contribution in [3.05, 3.63) is 87.8 Å². The minimum Gasteiger partial charge on any atom is -0.508 e. The predicted molar refractivity (Wildman–Crippen MR) is 130 cm³/mol. The molecule has 0 aliphatic carbocycles. The van der Waals surface area contributed by atoms with E-state index in [0.717, 1.165) is 23.1 Å². The molecule has 1 saturated heterocycles. The Labute approximate surface area is 195 Å². The van der Waals surface area contributed by atoms with Gasteiger partial charge >= 0.3 is 0 Å². The van der Waals surface area contributed by atoms with E-state index in [1.165, 1.54) is 36.4 Å². The first-order valence-corrected chi connectivity index (χ1v) is 11.8. The van der Waals surface area contributed by atoms with Crippen molar-refractivity contribution in [1.82, 2.24) is 4.90 Å². The van der Waals surface area contributed by atoms with E-state index < -0.39 is 0 Å². The molecule has 4 nitrogen and oxygen atoms in total. The second-order valence-electron chi connectivity index (χ2n) is 7.94. The van der Waals surface area contributed by atoms with Crippen molar-refractivity contribution < 1.29 is 14.6 Å². The lowest BCUT2D eigenvalue weighted by atomic mass is 10.1. The maximum absolute atomic E-state index is 13.3. The average Bonchev–Trinajstić information content (AvgIpc) is 3.11. The molecule has 0 amide bonds. The zero-order valence-electron chi connectivity index (χ0n) is 17.4. The molecular formula is C26H22ClNO3S. The lowest BCUT2D eigenvalue weighted by molar-refractivity contribution is 0.104. The van der Waals surface area contributed by atoms with Gasteiger partial charge in [0.05, 0.1) is 5.02 Å². The fourth-order valence-electron chi connectivity index (χ4n) is 3.81. The van der Waals surface area contributed by atoms with Gasteiger partial charge in [0.15, 0.2) is 5.75 Å². The molecule has 4 aromatic rings. The van der Waals surface area contributed by atoms with Crippen LogP contribution in [0.2, 0.25) is 5.02 Å². The Kier molecular flexibility index (Phi) is 5.87. The number of benzene rings is 3. The van der Waals surface area contributed by atoms with E-state index in [4.69, 9.17) is 16.3 Å². The van der Waals surface area contributed by atoms with Crippen LogP contribution in [0.4, 0.5) is 0 Å². The highest BCUT2D eigenvalue weighted by atomic mass is 35.5. The molecule has 3 aromatic carbocycles. The van der Waals surface area contributed by atoms with Crippen LogP contribution in [-0.4, -0.2) is 35.4 Å². The number of halogens is 1. The molecule has 1 aliphatic rings. The third-order valence-corrected chi connectivity index (χ3v) is 7.22. The summed E-state index contributed by atoms with van der Waals surface area (Å²) in [6, 6.07) is 20.1. The van der Waals surface area contributed by atoms with Crippen LogP contribution in [0.25, 0.3) is 10.1 Å². The number of aromatic hydroxyl groups is 1. The molecule has 32 heavy (non-hydrogen) atoms. The Morgan fingerprint density at radius 3 is 2.56 bits per heavy atom. The average molecular weight is 464 g/mol. The maximum atomic E-state index is 13.3. The molecule has 2 heterocycles. The van der Waals surface area contributed by atoms with Crippen LogP contribution >= 0.6 is 22.9 Å². The first-order valence-electron chi connectivity index (χ1n) is 10.6. The van der Waals surface area contributed by atoms with Crippen molar-refractivity contribution in [2.75, 3.05) is 19.6 Å². The molecule has 1 N–H and O–H groups in total. The topological polar surface area (TPSA) is 49.8 Å². The first kappa shape index (κ1) is 21.0. The largest absolute Gasteiger partial charge is 0.508 e. The predicted octanol–water partition coefficient (Wildman–Crippen LogP) is 6.53. The Morgan fingerprint density at radius 1 is 1.06 bits per heavy atom. The second kappa shape index (κ2) is 8.94. The molecule has 0 atom stereocenters. The van der Waals surface area contributed by atoms with Crippen molar-refractivity contribution in [2.45, 2.75) is 12.8 Å². The SMILES string of the molecule is O=C(c1ccccc1Cl)c1sc2cc(O)ccc2c1Oc1ccc(CCN2CCC2)cc1. The summed E-state index contributed by atoms with van der Waals surface area (Å²) in [4.78, 5) is 16.3. The Balaban J connectivity index is 1.46. The number of likely N-dealkylation sites (tertiary alicyclic amines) is 1. The molecule has 1 fully saturated rings. The standard InChI is InChI=1S/C26H22ClNO3S/c27-22-5-2-1-4-20(22)24(30)26-25(21-11-8-18(29)16-23(21)32-26)31-19-9-6-17(7-10-19)12-15-28-13-3-14-28/h1-2,4-11,16,29H,3,12-15H2. The summed E-state index contributed by atoms with van der Waals surface area (Å²) in [7, 11) is 0. The van der Waals surface area contributed by atoms with Crippen molar-refractivity contribution >= 4 is 38.8 Å². The van der Waals surface area contributed by atoms with Crippen LogP contribution < -0.4 is 4.74 Å². The number of phenolic OH excluding ortho intramolecular Hbond substituents is 1. The number of phenols is 1. The summed E-state index contributed by atoms with van der Waals surface area (Å²) >= 11 is 7.58. The number of hydrogen-bond donors (Lipinski definition) is 1. The first-order chi connectivity index (χ1) is 15.6. The molecule has 0 bridgehead atoms. The van der Waals surface area contributed by atoms with Gasteiger partial charge in [-0.05, 0) is 74.0 Å². The van der Waals surface area contributed by atoms with Crippen molar-refractivity contribution in [3.63, 3.8) is 0 Å². The van der Waals surface area contributed by atoms with E-state index in [0.29, 0.717) is 27.0 Å². The van der Waals surface area contributed by atoms with Crippen LogP contribution in [0.3, 0.4) is 0 Å². The third kappa shape index (κ3) is 4.24. The minimum absolute atomic E-state index is 0.147. The molecule has 0 radical (unpaired) electrons. The Bertz CT molecular complexity index is 1280. The normalized spacial score (nSPS) is 13.8. The van der Waals surface area contributed by atoms with Gasteiger partial charge in [0.2, 0.25) is 5.78 Å². The highest BCUT2D eigenvalue weighted by Crippen LogP contribution is 2.43. The number of carbonyl (C=O) groups excluding carboxylic acids is 1. The zero-order valence-corrected chi connectivity index (χ0v) is 19.0. The maximum Gasteiger partial charge on any atom is 0.208 e. The van der Waals surface area contributed by atoms with Crippen molar-refractivity contribution in [3.8, 4) is 17.2 Å². The van der Waals surface area contributed by atoms with E-state index >= 15 is 0 Å². The van der Waals surface area contributed by atoms with Gasteiger partial charge in [-0.3, -0.25) is 4.79 Å². The van der Waals surface area contributed by atoms with Crippen LogP contribution in [0.5, 0.6) is 17.2 Å². The van der Waals surface area contributed by atoms with E-state index in [-0.39, 0.29) is 11.5 Å². The molecule has 1 aliphatic heterocycles. The fourth-order valence-corrected chi connectivity index (χ4v) is 5.15. The number of ether oxygens (including phenoxy) is 1. The van der Waals surface area contributed by atoms with Gasteiger partial charge < -0.3 is 14.7 Å². The van der Waals surface area contributed by atoms with Crippen molar-refractivity contribution in [1.29, 1.82) is 0 Å². The number of ketones is 1. The van der Waals surface area contributed by atoms with Crippen LogP contribution in [0.1, 0.15) is 27.2 Å². The summed E-state index contributed by atoms with van der Waals surface area (Å²) in [6.07, 6.45) is 2.31. The molecule has 6 heteroatoms. The summed E-state index contributed by atoms with van der Waals surface area (Å²) in [5.41, 5.74) is 1.69. The fraction of sp³-hybridized carbons (Fsp3) is 0.192. The number of fused-ring (bicyclic) bond motifs is 1. The van der Waals surface area contributed by atoms with Gasteiger partial charge in [0.1, 0.15) is 16.4 Å². The lowest BCUT2D eigenvalue weighted by Gasteiger charge is -2.30. The summed E-state index contributed by atoms with van der Waals surface area (Å²) in [6.45, 7) is 3.48. The molecule has 162 valence electrons. The highest BCUT2D eigenvalue weighted by molar-refractivity contribution is 7.21. The summed E-state index contributed by atoms with van der Waals surface area (Å²) < 4.78 is 7.03. The van der Waals surface area contributed by atoms with Crippen LogP contribution in [0, 0.1) is 0 Å². The molecule has 0 unspecified atom stereocenters. The smallest absolute Gasteiger partial charge is 0.208 e. The number of carbonyl (C=O) groups is 1. The second-order valence-corrected chi connectivity index (χ2v) is 9.40. The lowest BCUT2D eigenvalue weighted by Crippen LogP contribution is -2.38. The van der Waals surface area contributed by atoms with Gasteiger partial charge in [0, 0.05) is 22.2 Å². The molecule has 5 rings (SSSR count). The van der Waals surface area contributed by atoms with Crippen LogP contribution in [-0.2, 0) is 6.42 Å². The van der Waals surface area contributed by atoms with E-state index in [9.17, 15) is 9.90 Å². The third-order valence-electron chi connectivity index (χ3n) is 5.76. The number of rotatable bonds is 7. The Morgan fingerprint density at radius 2 is 1.84 bits per heavy atom. The van der Waals surface area contributed by atoms with Crippen LogP contribution in [0.15, 0.2) is 66.7 Å². The number of hydrogen-bond acceptors (Lipinski definition) is 5. The van der Waals surface area contributed by atoms with E-state index in [2.05, 4.69) is 17.0 Å². The van der Waals surface area contributed by atoms with Gasteiger partial charge in [-0.15, -0.1) is 11.3 Å². The molecule has 0 saturated carbocycles. The molecule has 1 aromatic heterocycles. The number of nitrogens with zero attached hydrogens (tertiary/aromatic N) is 1. The molecular weight excluding hydrogens is 442 g/mol. The number of thiophene rings is 1. The molecule has 0 spiro atoms. The minimum atomic E-state index is -0.197. The Hall–Kier alpha value is -2.86.